The molecular weight excluding hydrogens is 262 g/mol. The standard InChI is InChI=1S/C12H19N5OS/c1-4-7-8(5-2)16-17-12(9(7)11(14)19)15-6(3)10(13)18/h6H,4-5H2,1-3H3,(H2,13,18)(H2,14,19)(H,15,17). The predicted molar refractivity (Wildman–Crippen MR) is 79.0 cm³/mol. The molecule has 0 radical (unpaired) electrons. The van der Waals surface area contributed by atoms with E-state index < -0.39 is 11.9 Å². The molecule has 104 valence electrons. The van der Waals surface area contributed by atoms with E-state index in [9.17, 15) is 4.79 Å². The van der Waals surface area contributed by atoms with E-state index in [1.165, 1.54) is 0 Å². The van der Waals surface area contributed by atoms with Gasteiger partial charge in [-0.1, -0.05) is 26.1 Å². The van der Waals surface area contributed by atoms with Crippen LogP contribution in [0.5, 0.6) is 0 Å². The first kappa shape index (κ1) is 15.3. The summed E-state index contributed by atoms with van der Waals surface area (Å²) in [6.45, 7) is 5.64. The monoisotopic (exact) mass is 281 g/mol. The lowest BCUT2D eigenvalue weighted by Gasteiger charge is -2.17. The molecule has 1 rings (SSSR count). The first-order chi connectivity index (χ1) is 8.92. The maximum Gasteiger partial charge on any atom is 0.239 e. The van der Waals surface area contributed by atoms with E-state index in [1.54, 1.807) is 6.92 Å². The van der Waals surface area contributed by atoms with Crippen molar-refractivity contribution in [3.8, 4) is 0 Å². The Bertz CT molecular complexity index is 503. The van der Waals surface area contributed by atoms with Gasteiger partial charge >= 0.3 is 0 Å². The molecule has 5 N–H and O–H groups in total. The number of carbonyl (C=O) groups is 1. The maximum absolute atomic E-state index is 11.1. The van der Waals surface area contributed by atoms with Crippen molar-refractivity contribution in [1.82, 2.24) is 10.2 Å². The minimum atomic E-state index is -0.570. The average Bonchev–Trinajstić information content (AvgIpc) is 2.37. The summed E-state index contributed by atoms with van der Waals surface area (Å²) in [6.07, 6.45) is 1.49. The van der Waals surface area contributed by atoms with Crippen molar-refractivity contribution in [2.75, 3.05) is 5.32 Å². The first-order valence-corrected chi connectivity index (χ1v) is 6.57. The van der Waals surface area contributed by atoms with Gasteiger partial charge in [-0.05, 0) is 25.3 Å². The van der Waals surface area contributed by atoms with E-state index in [1.807, 2.05) is 13.8 Å². The number of aryl methyl sites for hydroxylation is 1. The highest BCUT2D eigenvalue weighted by molar-refractivity contribution is 7.80. The number of hydrogen-bond acceptors (Lipinski definition) is 5. The molecular formula is C12H19N5OS. The van der Waals surface area contributed by atoms with Gasteiger partial charge in [0, 0.05) is 0 Å². The third-order valence-corrected chi connectivity index (χ3v) is 3.08. The Hall–Kier alpha value is -1.76. The number of rotatable bonds is 6. The lowest BCUT2D eigenvalue weighted by atomic mass is 10.0. The lowest BCUT2D eigenvalue weighted by Crippen LogP contribution is -2.34. The van der Waals surface area contributed by atoms with Gasteiger partial charge in [0.25, 0.3) is 0 Å². The normalized spacial score (nSPS) is 11.9. The molecule has 1 unspecified atom stereocenters. The molecule has 7 heteroatoms. The topological polar surface area (TPSA) is 107 Å². The zero-order valence-electron chi connectivity index (χ0n) is 11.4. The number of thiocarbonyl (C=S) groups is 1. The van der Waals surface area contributed by atoms with E-state index in [-0.39, 0.29) is 4.99 Å². The van der Waals surface area contributed by atoms with Gasteiger partial charge in [-0.25, -0.2) is 0 Å². The number of primary amides is 1. The molecule has 1 heterocycles. The number of amides is 1. The van der Waals surface area contributed by atoms with Crippen LogP contribution >= 0.6 is 12.2 Å². The van der Waals surface area contributed by atoms with E-state index in [0.717, 1.165) is 24.1 Å². The fourth-order valence-electron chi connectivity index (χ4n) is 1.82. The van der Waals surface area contributed by atoms with Gasteiger partial charge in [0.2, 0.25) is 5.91 Å². The fraction of sp³-hybridized carbons (Fsp3) is 0.500. The number of nitrogens with two attached hydrogens (primary N) is 2. The highest BCUT2D eigenvalue weighted by atomic mass is 32.1. The number of hydrogen-bond donors (Lipinski definition) is 3. The van der Waals surface area contributed by atoms with Crippen LogP contribution in [0.15, 0.2) is 0 Å². The average molecular weight is 281 g/mol. The molecule has 19 heavy (non-hydrogen) atoms. The van der Waals surface area contributed by atoms with Crippen LogP contribution in [-0.2, 0) is 17.6 Å². The summed E-state index contributed by atoms with van der Waals surface area (Å²) in [5.41, 5.74) is 13.5. The van der Waals surface area contributed by atoms with Crippen molar-refractivity contribution in [3.63, 3.8) is 0 Å². The summed E-state index contributed by atoms with van der Waals surface area (Å²) in [4.78, 5) is 11.3. The van der Waals surface area contributed by atoms with Crippen molar-refractivity contribution in [2.45, 2.75) is 39.7 Å². The van der Waals surface area contributed by atoms with Crippen molar-refractivity contribution < 1.29 is 4.79 Å². The Labute approximate surface area is 118 Å². The number of aromatic nitrogens is 2. The smallest absolute Gasteiger partial charge is 0.239 e. The van der Waals surface area contributed by atoms with Gasteiger partial charge in [0.05, 0.1) is 11.3 Å². The van der Waals surface area contributed by atoms with Gasteiger partial charge in [-0.3, -0.25) is 4.79 Å². The van der Waals surface area contributed by atoms with Crippen LogP contribution < -0.4 is 16.8 Å². The van der Waals surface area contributed by atoms with Crippen molar-refractivity contribution in [1.29, 1.82) is 0 Å². The van der Waals surface area contributed by atoms with Crippen molar-refractivity contribution in [2.24, 2.45) is 11.5 Å². The van der Waals surface area contributed by atoms with Gasteiger partial charge < -0.3 is 16.8 Å². The summed E-state index contributed by atoms with van der Waals surface area (Å²) >= 11 is 5.08. The van der Waals surface area contributed by atoms with E-state index in [0.29, 0.717) is 11.4 Å². The minimum absolute atomic E-state index is 0.237. The third kappa shape index (κ3) is 3.37. The molecule has 1 aromatic heterocycles. The second-order valence-electron chi connectivity index (χ2n) is 4.19. The SMILES string of the molecule is CCc1nnc(NC(C)C(N)=O)c(C(N)=S)c1CC. The molecule has 0 aliphatic heterocycles. The molecule has 0 saturated heterocycles. The van der Waals surface area contributed by atoms with Crippen LogP contribution in [0.2, 0.25) is 0 Å². The Kier molecular flexibility index (Phi) is 5.17. The van der Waals surface area contributed by atoms with Crippen LogP contribution in [0.1, 0.15) is 37.6 Å². The van der Waals surface area contributed by atoms with Gasteiger partial charge in [-0.2, -0.15) is 5.10 Å². The van der Waals surface area contributed by atoms with Crippen LogP contribution in [0.3, 0.4) is 0 Å². The Morgan fingerprint density at radius 1 is 1.32 bits per heavy atom. The Morgan fingerprint density at radius 2 is 1.95 bits per heavy atom. The molecule has 1 amide bonds. The first-order valence-electron chi connectivity index (χ1n) is 6.16. The van der Waals surface area contributed by atoms with E-state index in [2.05, 4.69) is 15.5 Å². The van der Waals surface area contributed by atoms with Crippen LogP contribution in [0.25, 0.3) is 0 Å². The predicted octanol–water partition coefficient (Wildman–Crippen LogP) is 0.521. The Morgan fingerprint density at radius 3 is 2.37 bits per heavy atom. The van der Waals surface area contributed by atoms with E-state index in [4.69, 9.17) is 23.7 Å². The maximum atomic E-state index is 11.1. The fourth-order valence-corrected chi connectivity index (χ4v) is 2.04. The Balaban J connectivity index is 3.32. The molecule has 0 aromatic carbocycles. The molecule has 0 aliphatic carbocycles. The summed E-state index contributed by atoms with van der Waals surface area (Å²) < 4.78 is 0. The summed E-state index contributed by atoms with van der Waals surface area (Å²) in [7, 11) is 0. The zero-order chi connectivity index (χ0) is 14.6. The van der Waals surface area contributed by atoms with Crippen molar-refractivity contribution in [3.05, 3.63) is 16.8 Å². The highest BCUT2D eigenvalue weighted by Gasteiger charge is 2.19. The summed E-state index contributed by atoms with van der Waals surface area (Å²) in [5.74, 6) is -0.0684. The van der Waals surface area contributed by atoms with Crippen LogP contribution in [-0.4, -0.2) is 27.1 Å². The largest absolute Gasteiger partial charge is 0.389 e. The third-order valence-electron chi connectivity index (χ3n) is 2.87. The molecule has 1 atom stereocenters. The summed E-state index contributed by atoms with van der Waals surface area (Å²) in [6, 6.07) is -0.570. The molecule has 0 aliphatic rings. The van der Waals surface area contributed by atoms with Gasteiger partial charge in [0.1, 0.15) is 11.0 Å². The zero-order valence-corrected chi connectivity index (χ0v) is 12.2. The number of nitrogens with zero attached hydrogens (tertiary/aromatic N) is 2. The molecule has 0 bridgehead atoms. The molecule has 0 saturated carbocycles. The number of nitrogens with one attached hydrogen (secondary N) is 1. The highest BCUT2D eigenvalue weighted by Crippen LogP contribution is 2.21. The van der Waals surface area contributed by atoms with Crippen molar-refractivity contribution >= 4 is 28.9 Å². The van der Waals surface area contributed by atoms with Crippen LogP contribution in [0.4, 0.5) is 5.82 Å². The second-order valence-corrected chi connectivity index (χ2v) is 4.63. The van der Waals surface area contributed by atoms with E-state index >= 15 is 0 Å². The second kappa shape index (κ2) is 6.42. The number of anilines is 1. The number of carbonyl (C=O) groups excluding carboxylic acids is 1. The minimum Gasteiger partial charge on any atom is -0.389 e. The molecule has 1 aromatic rings. The van der Waals surface area contributed by atoms with Gasteiger partial charge in [0.15, 0.2) is 5.82 Å². The lowest BCUT2D eigenvalue weighted by molar-refractivity contribution is -0.118. The quantitative estimate of drug-likeness (QED) is 0.656. The summed E-state index contributed by atoms with van der Waals surface area (Å²) in [5, 5.41) is 11.1. The van der Waals surface area contributed by atoms with Crippen LogP contribution in [0, 0.1) is 0 Å². The molecule has 0 spiro atoms. The molecule has 6 nitrogen and oxygen atoms in total. The molecule has 0 fully saturated rings. The van der Waals surface area contributed by atoms with Gasteiger partial charge in [-0.15, -0.1) is 5.10 Å².